The van der Waals surface area contributed by atoms with Gasteiger partial charge >= 0.3 is 5.69 Å². The van der Waals surface area contributed by atoms with Crippen LogP contribution in [0.5, 0.6) is 11.5 Å². The number of rotatable bonds is 5. The quantitative estimate of drug-likeness (QED) is 0.449. The fourth-order valence-corrected chi connectivity index (χ4v) is 4.57. The molecule has 0 radical (unpaired) electrons. The van der Waals surface area contributed by atoms with Gasteiger partial charge in [0.25, 0.3) is 5.56 Å². The molecule has 3 heterocycles. The van der Waals surface area contributed by atoms with Gasteiger partial charge in [-0.05, 0) is 48.2 Å². The molecule has 1 aliphatic rings. The highest BCUT2D eigenvalue weighted by atomic mass is 16.5. The van der Waals surface area contributed by atoms with E-state index in [1.807, 2.05) is 73.0 Å². The lowest BCUT2D eigenvalue weighted by molar-refractivity contribution is 0.454. The summed E-state index contributed by atoms with van der Waals surface area (Å²) in [5, 5.41) is 0. The third kappa shape index (κ3) is 3.79. The number of hydrogen-bond donors (Lipinski definition) is 0. The van der Waals surface area contributed by atoms with Gasteiger partial charge in [0.05, 0.1) is 0 Å². The molecule has 2 aromatic carbocycles. The minimum absolute atomic E-state index is 0.179. The number of aromatic nitrogens is 4. The monoisotopic (exact) mass is 459 g/mol. The van der Waals surface area contributed by atoms with Crippen LogP contribution in [0.2, 0.25) is 0 Å². The van der Waals surface area contributed by atoms with Crippen molar-refractivity contribution in [3.05, 3.63) is 75.4 Å². The largest absolute Gasteiger partial charge is 0.457 e. The minimum atomic E-state index is -0.330. The van der Waals surface area contributed by atoms with Gasteiger partial charge in [0.15, 0.2) is 11.2 Å². The van der Waals surface area contributed by atoms with Crippen LogP contribution in [0, 0.1) is 11.8 Å². The predicted molar refractivity (Wildman–Crippen MR) is 133 cm³/mol. The van der Waals surface area contributed by atoms with E-state index in [0.717, 1.165) is 23.7 Å². The van der Waals surface area contributed by atoms with E-state index in [9.17, 15) is 9.59 Å². The molecule has 0 unspecified atom stereocenters. The Morgan fingerprint density at radius 1 is 1.00 bits per heavy atom. The van der Waals surface area contributed by atoms with Crippen LogP contribution in [-0.2, 0) is 20.1 Å². The predicted octanol–water partition coefficient (Wildman–Crippen LogP) is 4.13. The number of aryl methyl sites for hydroxylation is 1. The first-order valence-electron chi connectivity index (χ1n) is 11.6. The van der Waals surface area contributed by atoms with E-state index < -0.39 is 0 Å². The molecule has 1 aliphatic heterocycles. The molecule has 4 aromatic rings. The number of benzene rings is 2. The lowest BCUT2D eigenvalue weighted by Gasteiger charge is -2.33. The Hall–Kier alpha value is -3.81. The number of ether oxygens (including phenoxy) is 1. The SMILES string of the molecule is CC(C)Cn1c(=O)c2c(nc3n2C[C@@H](C)CN3c2ccc(Oc3ccccc3)cc2)n(C)c1=O. The summed E-state index contributed by atoms with van der Waals surface area (Å²) in [6, 6.07) is 17.5. The van der Waals surface area contributed by atoms with Crippen molar-refractivity contribution in [2.24, 2.45) is 18.9 Å². The minimum Gasteiger partial charge on any atom is -0.457 e. The summed E-state index contributed by atoms with van der Waals surface area (Å²) in [6.45, 7) is 7.96. The van der Waals surface area contributed by atoms with Gasteiger partial charge < -0.3 is 14.2 Å². The van der Waals surface area contributed by atoms with Crippen molar-refractivity contribution in [2.75, 3.05) is 11.4 Å². The first-order chi connectivity index (χ1) is 16.3. The molecule has 2 aromatic heterocycles. The maximum Gasteiger partial charge on any atom is 0.332 e. The van der Waals surface area contributed by atoms with Gasteiger partial charge in [-0.25, -0.2) is 4.79 Å². The molecule has 1 atom stereocenters. The Kier molecular flexibility index (Phi) is 5.51. The second-order valence-corrected chi connectivity index (χ2v) is 9.47. The van der Waals surface area contributed by atoms with Gasteiger partial charge in [-0.2, -0.15) is 4.98 Å². The van der Waals surface area contributed by atoms with Gasteiger partial charge in [0.2, 0.25) is 5.95 Å². The van der Waals surface area contributed by atoms with Gasteiger partial charge in [-0.1, -0.05) is 39.0 Å². The van der Waals surface area contributed by atoms with Crippen molar-refractivity contribution in [1.29, 1.82) is 0 Å². The Morgan fingerprint density at radius 2 is 1.68 bits per heavy atom. The number of fused-ring (bicyclic) bond motifs is 3. The molecule has 0 saturated carbocycles. The third-order valence-corrected chi connectivity index (χ3v) is 6.12. The standard InChI is InChI=1S/C26H29N5O3/c1-17(2)14-31-24(32)22-23(28(4)26(31)33)27-25-29(15-18(3)16-30(22)25)19-10-12-21(13-11-19)34-20-8-6-5-7-9-20/h5-13,17-18H,14-16H2,1-4H3/t18-/m0/s1. The lowest BCUT2D eigenvalue weighted by atomic mass is 10.1. The molecule has 176 valence electrons. The van der Waals surface area contributed by atoms with Crippen LogP contribution in [0.3, 0.4) is 0 Å². The topological polar surface area (TPSA) is 74.3 Å². The number of anilines is 2. The molecule has 0 aliphatic carbocycles. The molecule has 0 N–H and O–H groups in total. The summed E-state index contributed by atoms with van der Waals surface area (Å²) >= 11 is 0. The highest BCUT2D eigenvalue weighted by Crippen LogP contribution is 2.34. The summed E-state index contributed by atoms with van der Waals surface area (Å²) in [7, 11) is 1.68. The van der Waals surface area contributed by atoms with Crippen LogP contribution in [-0.4, -0.2) is 25.2 Å². The second kappa shape index (κ2) is 8.52. The Morgan fingerprint density at radius 3 is 2.35 bits per heavy atom. The number of nitrogens with zero attached hydrogens (tertiary/aromatic N) is 5. The van der Waals surface area contributed by atoms with Gasteiger partial charge in [-0.3, -0.25) is 13.9 Å². The summed E-state index contributed by atoms with van der Waals surface area (Å²) in [4.78, 5) is 33.2. The summed E-state index contributed by atoms with van der Waals surface area (Å²) < 4.78 is 10.7. The maximum atomic E-state index is 13.4. The smallest absolute Gasteiger partial charge is 0.332 e. The van der Waals surface area contributed by atoms with Crippen molar-refractivity contribution >= 4 is 22.8 Å². The zero-order valence-electron chi connectivity index (χ0n) is 19.9. The molecule has 0 bridgehead atoms. The molecule has 0 spiro atoms. The molecule has 8 nitrogen and oxygen atoms in total. The van der Waals surface area contributed by atoms with Crippen LogP contribution in [0.1, 0.15) is 20.8 Å². The molecular weight excluding hydrogens is 430 g/mol. The molecule has 8 heteroatoms. The third-order valence-electron chi connectivity index (χ3n) is 6.12. The van der Waals surface area contributed by atoms with E-state index in [1.54, 1.807) is 7.05 Å². The van der Waals surface area contributed by atoms with Crippen LogP contribution < -0.4 is 20.9 Å². The van der Waals surface area contributed by atoms with Crippen molar-refractivity contribution in [2.45, 2.75) is 33.9 Å². The molecule has 0 saturated heterocycles. The number of para-hydroxylation sites is 1. The Balaban J connectivity index is 1.58. The van der Waals surface area contributed by atoms with Crippen molar-refractivity contribution in [1.82, 2.24) is 18.7 Å². The normalized spacial score (nSPS) is 15.7. The molecule has 0 amide bonds. The number of imidazole rings is 1. The maximum absolute atomic E-state index is 13.4. The average Bonchev–Trinajstić information content (AvgIpc) is 3.20. The summed E-state index contributed by atoms with van der Waals surface area (Å²) in [5.74, 6) is 2.67. The number of hydrogen-bond acceptors (Lipinski definition) is 5. The molecular formula is C26H29N5O3. The van der Waals surface area contributed by atoms with Gasteiger partial charge in [0, 0.05) is 32.4 Å². The average molecular weight is 460 g/mol. The fraction of sp³-hybridized carbons (Fsp3) is 0.346. The molecule has 34 heavy (non-hydrogen) atoms. The van der Waals surface area contributed by atoms with E-state index >= 15 is 0 Å². The molecule has 0 fully saturated rings. The van der Waals surface area contributed by atoms with Crippen molar-refractivity contribution in [3.63, 3.8) is 0 Å². The van der Waals surface area contributed by atoms with Crippen molar-refractivity contribution in [3.8, 4) is 11.5 Å². The first-order valence-corrected chi connectivity index (χ1v) is 11.6. The Labute approximate surface area is 197 Å². The van der Waals surface area contributed by atoms with E-state index in [2.05, 4.69) is 11.8 Å². The van der Waals surface area contributed by atoms with Crippen molar-refractivity contribution < 1.29 is 4.74 Å². The first kappa shape index (κ1) is 22.0. The van der Waals surface area contributed by atoms with Crippen LogP contribution in [0.15, 0.2) is 64.2 Å². The van der Waals surface area contributed by atoms with Crippen LogP contribution in [0.25, 0.3) is 11.2 Å². The van der Waals surface area contributed by atoms with Crippen LogP contribution in [0.4, 0.5) is 11.6 Å². The van der Waals surface area contributed by atoms with Crippen LogP contribution >= 0.6 is 0 Å². The summed E-state index contributed by atoms with van der Waals surface area (Å²) in [5.41, 5.74) is 1.26. The Bertz CT molecular complexity index is 1450. The van der Waals surface area contributed by atoms with E-state index in [-0.39, 0.29) is 17.2 Å². The van der Waals surface area contributed by atoms with E-state index in [1.165, 1.54) is 9.13 Å². The molecule has 5 rings (SSSR count). The zero-order chi connectivity index (χ0) is 24.0. The fourth-order valence-electron chi connectivity index (χ4n) is 4.57. The second-order valence-electron chi connectivity index (χ2n) is 9.47. The lowest BCUT2D eigenvalue weighted by Crippen LogP contribution is -2.41. The highest BCUT2D eigenvalue weighted by molar-refractivity contribution is 5.77. The highest BCUT2D eigenvalue weighted by Gasteiger charge is 2.30. The summed E-state index contributed by atoms with van der Waals surface area (Å²) in [6.07, 6.45) is 0. The van der Waals surface area contributed by atoms with Gasteiger partial charge in [0.1, 0.15) is 11.5 Å². The van der Waals surface area contributed by atoms with E-state index in [0.29, 0.717) is 36.1 Å². The zero-order valence-corrected chi connectivity index (χ0v) is 19.9. The van der Waals surface area contributed by atoms with Gasteiger partial charge in [-0.15, -0.1) is 0 Å². The van der Waals surface area contributed by atoms with E-state index in [4.69, 9.17) is 9.72 Å².